The third-order valence-corrected chi connectivity index (χ3v) is 1.21. The van der Waals surface area contributed by atoms with E-state index in [9.17, 15) is 0 Å². The number of hydrogen-bond acceptors (Lipinski definition) is 4. The topological polar surface area (TPSA) is 52.8 Å². The first-order valence-corrected chi connectivity index (χ1v) is 3.14. The quantitative estimate of drug-likeness (QED) is 0.579. The van der Waals surface area contributed by atoms with Gasteiger partial charge in [0.1, 0.15) is 6.07 Å². The maximum Gasteiger partial charge on any atom is 0.183 e. The molecule has 0 aromatic carbocycles. The minimum atomic E-state index is 0.359. The maximum atomic E-state index is 8.59. The van der Waals surface area contributed by atoms with Gasteiger partial charge in [0.2, 0.25) is 0 Å². The van der Waals surface area contributed by atoms with Gasteiger partial charge in [0.15, 0.2) is 11.5 Å². The molecule has 0 fully saturated rings. The molecule has 0 N–H and O–H groups in total. The van der Waals surface area contributed by atoms with Gasteiger partial charge < -0.3 is 4.90 Å². The van der Waals surface area contributed by atoms with Crippen molar-refractivity contribution in [2.45, 2.75) is 0 Å². The molecule has 0 aliphatic heterocycles. The van der Waals surface area contributed by atoms with E-state index in [0.29, 0.717) is 11.5 Å². The summed E-state index contributed by atoms with van der Waals surface area (Å²) in [6.45, 7) is 0. The van der Waals surface area contributed by atoms with E-state index in [1.165, 1.54) is 6.20 Å². The minimum Gasteiger partial charge on any atom is -0.360 e. The number of hydrogen-bond donors (Lipinski definition) is 0. The molecule has 1 heterocycles. The fourth-order valence-electron chi connectivity index (χ4n) is 0.737. The van der Waals surface area contributed by atoms with Crippen LogP contribution in [0.2, 0.25) is 0 Å². The Kier molecular flexibility index (Phi) is 2.02. The lowest BCUT2D eigenvalue weighted by molar-refractivity contribution is 1.03. The Morgan fingerprint density at radius 2 is 2.00 bits per heavy atom. The van der Waals surface area contributed by atoms with Crippen LogP contribution in [0.5, 0.6) is 0 Å². The summed E-state index contributed by atoms with van der Waals surface area (Å²) < 4.78 is 0. The number of aromatic nitrogens is 2. The van der Waals surface area contributed by atoms with Crippen LogP contribution in [0.3, 0.4) is 0 Å². The van der Waals surface area contributed by atoms with E-state index < -0.39 is 0 Å². The molecule has 0 aliphatic rings. The largest absolute Gasteiger partial charge is 0.360 e. The van der Waals surface area contributed by atoms with Gasteiger partial charge in [-0.15, -0.1) is 0 Å². The Labute approximate surface area is 65.1 Å². The van der Waals surface area contributed by atoms with E-state index in [0.717, 1.165) is 0 Å². The third-order valence-electron chi connectivity index (χ3n) is 1.21. The predicted octanol–water partition coefficient (Wildman–Crippen LogP) is 0.414. The Hall–Kier alpha value is -1.63. The van der Waals surface area contributed by atoms with Crippen molar-refractivity contribution < 1.29 is 0 Å². The Morgan fingerprint density at radius 3 is 2.45 bits per heavy atom. The van der Waals surface area contributed by atoms with E-state index in [-0.39, 0.29) is 0 Å². The zero-order valence-corrected chi connectivity index (χ0v) is 6.44. The fourth-order valence-corrected chi connectivity index (χ4v) is 0.737. The molecule has 0 aliphatic carbocycles. The molecule has 0 atom stereocenters. The highest BCUT2D eigenvalue weighted by Gasteiger charge is 2.03. The second-order valence-corrected chi connectivity index (χ2v) is 2.23. The van der Waals surface area contributed by atoms with Crippen LogP contribution >= 0.6 is 0 Å². The average Bonchev–Trinajstić information content (AvgIpc) is 2.04. The van der Waals surface area contributed by atoms with Crippen molar-refractivity contribution in [2.24, 2.45) is 0 Å². The molecule has 0 radical (unpaired) electrons. The number of nitrogens with zero attached hydrogens (tertiary/aromatic N) is 4. The van der Waals surface area contributed by atoms with Gasteiger partial charge in [0.05, 0.1) is 0 Å². The highest BCUT2D eigenvalue weighted by molar-refractivity contribution is 5.47. The van der Waals surface area contributed by atoms with Crippen molar-refractivity contribution in [1.82, 2.24) is 9.97 Å². The van der Waals surface area contributed by atoms with Gasteiger partial charge in [-0.05, 0) is 0 Å². The maximum absolute atomic E-state index is 8.59. The first kappa shape index (κ1) is 7.48. The van der Waals surface area contributed by atoms with E-state index in [1.807, 2.05) is 20.2 Å². The van der Waals surface area contributed by atoms with Crippen molar-refractivity contribution in [3.63, 3.8) is 0 Å². The summed E-state index contributed by atoms with van der Waals surface area (Å²) in [5, 5.41) is 8.59. The molecule has 1 aromatic rings. The monoisotopic (exact) mass is 148 g/mol. The SMILES string of the molecule is CN(C)c1nccnc1C#N. The van der Waals surface area contributed by atoms with Gasteiger partial charge in [-0.2, -0.15) is 5.26 Å². The molecule has 0 saturated heterocycles. The van der Waals surface area contributed by atoms with Crippen molar-refractivity contribution in [1.29, 1.82) is 5.26 Å². The van der Waals surface area contributed by atoms with E-state index in [4.69, 9.17) is 5.26 Å². The van der Waals surface area contributed by atoms with Crippen LogP contribution in [0.1, 0.15) is 5.69 Å². The number of nitriles is 1. The zero-order chi connectivity index (χ0) is 8.27. The van der Waals surface area contributed by atoms with Crippen LogP contribution in [0, 0.1) is 11.3 Å². The molecule has 0 unspecified atom stereocenters. The molecule has 1 rings (SSSR count). The summed E-state index contributed by atoms with van der Waals surface area (Å²) in [5.74, 6) is 0.606. The van der Waals surface area contributed by atoms with Gasteiger partial charge in [0.25, 0.3) is 0 Å². The van der Waals surface area contributed by atoms with Crippen LogP contribution in [0.4, 0.5) is 5.82 Å². The first-order valence-electron chi connectivity index (χ1n) is 3.14. The summed E-state index contributed by atoms with van der Waals surface area (Å²) in [5.41, 5.74) is 0.359. The second-order valence-electron chi connectivity index (χ2n) is 2.23. The van der Waals surface area contributed by atoms with Gasteiger partial charge >= 0.3 is 0 Å². The van der Waals surface area contributed by atoms with Gasteiger partial charge in [-0.1, -0.05) is 0 Å². The van der Waals surface area contributed by atoms with Crippen LogP contribution in [-0.4, -0.2) is 24.1 Å². The van der Waals surface area contributed by atoms with Crippen molar-refractivity contribution >= 4 is 5.82 Å². The molecule has 0 saturated carbocycles. The van der Waals surface area contributed by atoms with Crippen LogP contribution in [0.15, 0.2) is 12.4 Å². The van der Waals surface area contributed by atoms with E-state index in [2.05, 4.69) is 9.97 Å². The predicted molar refractivity (Wildman–Crippen MR) is 41.1 cm³/mol. The second kappa shape index (κ2) is 2.97. The van der Waals surface area contributed by atoms with Crippen LogP contribution in [-0.2, 0) is 0 Å². The van der Waals surface area contributed by atoms with Crippen molar-refractivity contribution in [3.05, 3.63) is 18.1 Å². The van der Waals surface area contributed by atoms with E-state index >= 15 is 0 Å². The zero-order valence-electron chi connectivity index (χ0n) is 6.44. The summed E-state index contributed by atoms with van der Waals surface area (Å²) in [6.07, 6.45) is 3.07. The molecular formula is C7H8N4. The van der Waals surface area contributed by atoms with Gasteiger partial charge in [-0.3, -0.25) is 0 Å². The highest BCUT2D eigenvalue weighted by atomic mass is 15.1. The average molecular weight is 148 g/mol. The lowest BCUT2D eigenvalue weighted by Gasteiger charge is -2.10. The highest BCUT2D eigenvalue weighted by Crippen LogP contribution is 2.08. The number of rotatable bonds is 1. The molecule has 11 heavy (non-hydrogen) atoms. The Balaban J connectivity index is 3.15. The van der Waals surface area contributed by atoms with Gasteiger partial charge in [-0.25, -0.2) is 9.97 Å². The fraction of sp³-hybridized carbons (Fsp3) is 0.286. The molecule has 56 valence electrons. The Bertz CT molecular complexity index is 287. The summed E-state index contributed by atoms with van der Waals surface area (Å²) in [7, 11) is 3.65. The standard InChI is InChI=1S/C7H8N4/c1-11(2)7-6(5-8)9-3-4-10-7/h3-4H,1-2H3. The third kappa shape index (κ3) is 1.44. The summed E-state index contributed by atoms with van der Waals surface area (Å²) in [4.78, 5) is 9.60. The Morgan fingerprint density at radius 1 is 1.36 bits per heavy atom. The lowest BCUT2D eigenvalue weighted by atomic mass is 10.4. The molecule has 1 aromatic heterocycles. The first-order chi connectivity index (χ1) is 5.25. The summed E-state index contributed by atoms with van der Waals surface area (Å²) in [6, 6.07) is 1.96. The molecule has 4 heteroatoms. The lowest BCUT2D eigenvalue weighted by Crippen LogP contribution is -2.12. The van der Waals surface area contributed by atoms with Crippen molar-refractivity contribution in [3.8, 4) is 6.07 Å². The molecule has 0 bridgehead atoms. The smallest absolute Gasteiger partial charge is 0.183 e. The normalized spacial score (nSPS) is 8.82. The molecule has 0 spiro atoms. The van der Waals surface area contributed by atoms with Crippen molar-refractivity contribution in [2.75, 3.05) is 19.0 Å². The minimum absolute atomic E-state index is 0.359. The molecule has 4 nitrogen and oxygen atoms in total. The summed E-state index contributed by atoms with van der Waals surface area (Å²) >= 11 is 0. The van der Waals surface area contributed by atoms with Crippen LogP contribution < -0.4 is 4.90 Å². The number of anilines is 1. The molecular weight excluding hydrogens is 140 g/mol. The van der Waals surface area contributed by atoms with Crippen LogP contribution in [0.25, 0.3) is 0 Å². The van der Waals surface area contributed by atoms with Gasteiger partial charge in [0, 0.05) is 26.5 Å². The molecule has 0 amide bonds. The van der Waals surface area contributed by atoms with E-state index in [1.54, 1.807) is 11.1 Å².